The van der Waals surface area contributed by atoms with Gasteiger partial charge < -0.3 is 0 Å². The Kier molecular flexibility index (Phi) is 3.09. The second kappa shape index (κ2) is 3.85. The van der Waals surface area contributed by atoms with Crippen LogP contribution in [0.5, 0.6) is 0 Å². The van der Waals surface area contributed by atoms with E-state index in [1.165, 1.54) is 13.8 Å². The third kappa shape index (κ3) is 2.50. The first-order chi connectivity index (χ1) is 6.73. The van der Waals surface area contributed by atoms with Crippen molar-refractivity contribution in [1.82, 2.24) is 0 Å². The van der Waals surface area contributed by atoms with Crippen molar-refractivity contribution in [1.29, 1.82) is 0 Å². The van der Waals surface area contributed by atoms with Crippen LogP contribution in [0.15, 0.2) is 12.1 Å². The van der Waals surface area contributed by atoms with Gasteiger partial charge in [0, 0.05) is 5.56 Å². The lowest BCUT2D eigenvalue weighted by Crippen LogP contribution is -2.08. The minimum Gasteiger partial charge on any atom is -0.294 e. The van der Waals surface area contributed by atoms with Gasteiger partial charge in [0.25, 0.3) is 0 Å². The fourth-order valence-corrected chi connectivity index (χ4v) is 1.75. The van der Waals surface area contributed by atoms with Crippen LogP contribution in [0.1, 0.15) is 28.4 Å². The molecule has 0 amide bonds. The maximum Gasteiger partial charge on any atom is 0.416 e. The summed E-state index contributed by atoms with van der Waals surface area (Å²) < 4.78 is 37.0. The Morgan fingerprint density at radius 3 is 2.20 bits per heavy atom. The Morgan fingerprint density at radius 1 is 1.33 bits per heavy atom. The van der Waals surface area contributed by atoms with Crippen LogP contribution in [0.2, 0.25) is 5.02 Å². The second-order valence-corrected chi connectivity index (χ2v) is 3.61. The minimum atomic E-state index is -4.44. The monoisotopic (exact) mass is 236 g/mol. The molecule has 1 aromatic carbocycles. The molecule has 1 rings (SSSR count). The molecule has 0 N–H and O–H groups in total. The summed E-state index contributed by atoms with van der Waals surface area (Å²) in [4.78, 5) is 11.1. The summed E-state index contributed by atoms with van der Waals surface area (Å²) in [5, 5.41) is -0.158. The van der Waals surface area contributed by atoms with E-state index in [0.717, 1.165) is 12.1 Å². The number of aryl methyl sites for hydroxylation is 1. The molecule has 82 valence electrons. The molecule has 0 fully saturated rings. The molecule has 15 heavy (non-hydrogen) atoms. The van der Waals surface area contributed by atoms with Gasteiger partial charge in [0.05, 0.1) is 10.6 Å². The molecule has 0 spiro atoms. The van der Waals surface area contributed by atoms with Crippen LogP contribution in [0.4, 0.5) is 13.2 Å². The molecule has 0 unspecified atom stereocenters. The van der Waals surface area contributed by atoms with Crippen LogP contribution in [-0.4, -0.2) is 5.78 Å². The highest BCUT2D eigenvalue weighted by atomic mass is 35.5. The highest BCUT2D eigenvalue weighted by Gasteiger charge is 2.31. The zero-order chi connectivity index (χ0) is 11.8. The standard InChI is InChI=1S/C10H8ClF3O/c1-5-3-7(10(12,13)14)4-8(11)9(5)6(2)15/h3-4H,1-2H3. The van der Waals surface area contributed by atoms with Gasteiger partial charge in [-0.15, -0.1) is 0 Å². The maximum absolute atomic E-state index is 12.3. The molecular weight excluding hydrogens is 229 g/mol. The first-order valence-electron chi connectivity index (χ1n) is 4.11. The molecule has 0 bridgehead atoms. The fraction of sp³-hybridized carbons (Fsp3) is 0.300. The van der Waals surface area contributed by atoms with Gasteiger partial charge in [0.1, 0.15) is 0 Å². The summed E-state index contributed by atoms with van der Waals surface area (Å²) >= 11 is 5.61. The van der Waals surface area contributed by atoms with Gasteiger partial charge in [-0.3, -0.25) is 4.79 Å². The molecule has 1 aromatic rings. The average molecular weight is 237 g/mol. The Bertz CT molecular complexity index is 387. The zero-order valence-electron chi connectivity index (χ0n) is 8.07. The summed E-state index contributed by atoms with van der Waals surface area (Å²) in [5.74, 6) is -0.341. The Labute approximate surface area is 89.9 Å². The van der Waals surface area contributed by atoms with E-state index in [2.05, 4.69) is 0 Å². The Balaban J connectivity index is 3.39. The number of hydrogen-bond acceptors (Lipinski definition) is 1. The maximum atomic E-state index is 12.3. The topological polar surface area (TPSA) is 17.1 Å². The van der Waals surface area contributed by atoms with E-state index in [1.807, 2.05) is 0 Å². The van der Waals surface area contributed by atoms with Crippen LogP contribution >= 0.6 is 11.6 Å². The largest absolute Gasteiger partial charge is 0.416 e. The lowest BCUT2D eigenvalue weighted by Gasteiger charge is -2.11. The first kappa shape index (κ1) is 12.0. The van der Waals surface area contributed by atoms with Crippen molar-refractivity contribution < 1.29 is 18.0 Å². The number of ketones is 1. The molecular formula is C10H8ClF3O. The van der Waals surface area contributed by atoms with E-state index in [-0.39, 0.29) is 21.9 Å². The molecule has 0 radical (unpaired) electrons. The van der Waals surface area contributed by atoms with Gasteiger partial charge in [-0.1, -0.05) is 11.6 Å². The minimum absolute atomic E-state index is 0.143. The molecule has 0 aliphatic heterocycles. The van der Waals surface area contributed by atoms with E-state index in [1.54, 1.807) is 0 Å². The molecule has 0 saturated carbocycles. The van der Waals surface area contributed by atoms with E-state index >= 15 is 0 Å². The number of Topliss-reactive ketones (excluding diaryl/α,β-unsaturated/α-hetero) is 1. The number of alkyl halides is 3. The molecule has 0 aliphatic rings. The molecule has 0 heterocycles. The molecule has 0 aromatic heterocycles. The molecule has 0 atom stereocenters. The summed E-state index contributed by atoms with van der Waals surface area (Å²) in [6.45, 7) is 2.69. The van der Waals surface area contributed by atoms with Crippen molar-refractivity contribution in [2.45, 2.75) is 20.0 Å². The van der Waals surface area contributed by atoms with Gasteiger partial charge in [-0.05, 0) is 31.5 Å². The van der Waals surface area contributed by atoms with Crippen LogP contribution in [-0.2, 0) is 6.18 Å². The second-order valence-electron chi connectivity index (χ2n) is 3.20. The molecule has 5 heteroatoms. The van der Waals surface area contributed by atoms with Crippen molar-refractivity contribution in [3.8, 4) is 0 Å². The van der Waals surface area contributed by atoms with Crippen LogP contribution < -0.4 is 0 Å². The molecule has 0 aliphatic carbocycles. The van der Waals surface area contributed by atoms with Gasteiger partial charge in [0.2, 0.25) is 0 Å². The summed E-state index contributed by atoms with van der Waals surface area (Å²) in [6, 6.07) is 1.69. The predicted molar refractivity (Wildman–Crippen MR) is 51.2 cm³/mol. The zero-order valence-corrected chi connectivity index (χ0v) is 8.83. The van der Waals surface area contributed by atoms with Gasteiger partial charge in [-0.25, -0.2) is 0 Å². The smallest absolute Gasteiger partial charge is 0.294 e. The van der Waals surface area contributed by atoms with E-state index in [9.17, 15) is 18.0 Å². The average Bonchev–Trinajstić information content (AvgIpc) is 1.99. The molecule has 0 saturated heterocycles. The van der Waals surface area contributed by atoms with Crippen LogP contribution in [0.3, 0.4) is 0 Å². The predicted octanol–water partition coefficient (Wildman–Crippen LogP) is 3.87. The van der Waals surface area contributed by atoms with Crippen LogP contribution in [0.25, 0.3) is 0 Å². The number of hydrogen-bond donors (Lipinski definition) is 0. The first-order valence-corrected chi connectivity index (χ1v) is 4.49. The van der Waals surface area contributed by atoms with Gasteiger partial charge in [-0.2, -0.15) is 13.2 Å². The molecule has 1 nitrogen and oxygen atoms in total. The third-order valence-electron chi connectivity index (χ3n) is 1.97. The van der Waals surface area contributed by atoms with E-state index in [4.69, 9.17) is 11.6 Å². The third-order valence-corrected chi connectivity index (χ3v) is 2.26. The number of carbonyl (C=O) groups is 1. The van der Waals surface area contributed by atoms with Gasteiger partial charge in [0.15, 0.2) is 5.78 Å². The fourth-order valence-electron chi connectivity index (χ4n) is 1.35. The van der Waals surface area contributed by atoms with Gasteiger partial charge >= 0.3 is 6.18 Å². The van der Waals surface area contributed by atoms with Crippen molar-refractivity contribution in [3.63, 3.8) is 0 Å². The van der Waals surface area contributed by atoms with Crippen LogP contribution in [0, 0.1) is 6.92 Å². The number of carbonyl (C=O) groups excluding carboxylic acids is 1. The lowest BCUT2D eigenvalue weighted by molar-refractivity contribution is -0.137. The van der Waals surface area contributed by atoms with Crippen molar-refractivity contribution in [3.05, 3.63) is 33.8 Å². The number of benzene rings is 1. The van der Waals surface area contributed by atoms with Crippen molar-refractivity contribution >= 4 is 17.4 Å². The Morgan fingerprint density at radius 2 is 1.87 bits per heavy atom. The SMILES string of the molecule is CC(=O)c1c(C)cc(C(F)(F)F)cc1Cl. The lowest BCUT2D eigenvalue weighted by atomic mass is 10.0. The van der Waals surface area contributed by atoms with Crippen molar-refractivity contribution in [2.75, 3.05) is 0 Å². The number of rotatable bonds is 1. The summed E-state index contributed by atoms with van der Waals surface area (Å²) in [5.41, 5.74) is -0.456. The summed E-state index contributed by atoms with van der Waals surface area (Å²) in [6.07, 6.45) is -4.44. The number of halogens is 4. The highest BCUT2D eigenvalue weighted by Crippen LogP contribution is 2.33. The highest BCUT2D eigenvalue weighted by molar-refractivity contribution is 6.34. The van der Waals surface area contributed by atoms with E-state index in [0.29, 0.717) is 0 Å². The Hall–Kier alpha value is -1.03. The van der Waals surface area contributed by atoms with E-state index < -0.39 is 11.7 Å². The summed E-state index contributed by atoms with van der Waals surface area (Å²) in [7, 11) is 0. The van der Waals surface area contributed by atoms with Crippen molar-refractivity contribution in [2.24, 2.45) is 0 Å². The normalized spacial score (nSPS) is 11.6. The quantitative estimate of drug-likeness (QED) is 0.677.